The summed E-state index contributed by atoms with van der Waals surface area (Å²) >= 11 is 0. The molecule has 1 aromatic heterocycles. The van der Waals surface area contributed by atoms with Gasteiger partial charge in [0.15, 0.2) is 0 Å². The quantitative estimate of drug-likeness (QED) is 0.650. The van der Waals surface area contributed by atoms with Crippen LogP contribution in [0, 0.1) is 0 Å². The number of methoxy groups -OCH3 is 2. The number of hydrogen-bond donors (Lipinski definition) is 2. The normalized spacial score (nSPS) is 10.1. The first-order chi connectivity index (χ1) is 8.30. The van der Waals surface area contributed by atoms with E-state index in [9.17, 15) is 0 Å². The van der Waals surface area contributed by atoms with E-state index in [0.29, 0.717) is 31.1 Å². The molecule has 0 amide bonds. The Kier molecular flexibility index (Phi) is 6.02. The molecule has 0 fully saturated rings. The van der Waals surface area contributed by atoms with Gasteiger partial charge >= 0.3 is 6.01 Å². The maximum Gasteiger partial charge on any atom is 0.322 e. The summed E-state index contributed by atoms with van der Waals surface area (Å²) in [4.78, 5) is 12.4. The molecule has 17 heavy (non-hydrogen) atoms. The molecule has 0 aromatic carbocycles. The second-order valence-electron chi connectivity index (χ2n) is 3.32. The summed E-state index contributed by atoms with van der Waals surface area (Å²) in [5, 5.41) is 6.12. The molecule has 0 atom stereocenters. The smallest absolute Gasteiger partial charge is 0.322 e. The summed E-state index contributed by atoms with van der Waals surface area (Å²) in [6, 6.07) is 0.290. The van der Waals surface area contributed by atoms with Crippen molar-refractivity contribution in [1.29, 1.82) is 0 Å². The lowest BCUT2D eigenvalue weighted by Gasteiger charge is -2.08. The third-order valence-electron chi connectivity index (χ3n) is 1.92. The molecule has 0 aliphatic carbocycles. The van der Waals surface area contributed by atoms with Crippen LogP contribution in [-0.4, -0.2) is 48.9 Å². The highest BCUT2D eigenvalue weighted by molar-refractivity contribution is 5.35. The molecule has 0 saturated carbocycles. The fraction of sp³-hybridized carbons (Fsp3) is 0.700. The lowest BCUT2D eigenvalue weighted by molar-refractivity contribution is 0.210. The van der Waals surface area contributed by atoms with Crippen molar-refractivity contribution < 1.29 is 9.47 Å². The van der Waals surface area contributed by atoms with Crippen molar-refractivity contribution in [3.05, 3.63) is 0 Å². The average Bonchev–Trinajstić information content (AvgIpc) is 2.36. The van der Waals surface area contributed by atoms with E-state index in [4.69, 9.17) is 9.47 Å². The van der Waals surface area contributed by atoms with E-state index in [-0.39, 0.29) is 0 Å². The highest BCUT2D eigenvalue weighted by Crippen LogP contribution is 2.10. The van der Waals surface area contributed by atoms with E-state index < -0.39 is 0 Å². The molecule has 0 aliphatic heterocycles. The molecule has 96 valence electrons. The van der Waals surface area contributed by atoms with Gasteiger partial charge in [0, 0.05) is 20.2 Å². The SMILES string of the molecule is CCCNc1nc(NCCOC)nc(OC)n1. The number of rotatable bonds is 8. The number of aromatic nitrogens is 3. The van der Waals surface area contributed by atoms with Crippen LogP contribution < -0.4 is 15.4 Å². The number of hydrogen-bond acceptors (Lipinski definition) is 7. The van der Waals surface area contributed by atoms with E-state index in [1.807, 2.05) is 0 Å². The van der Waals surface area contributed by atoms with Crippen LogP contribution in [0.15, 0.2) is 0 Å². The Balaban J connectivity index is 2.67. The molecule has 0 unspecified atom stereocenters. The van der Waals surface area contributed by atoms with Crippen molar-refractivity contribution in [3.63, 3.8) is 0 Å². The molecule has 0 radical (unpaired) electrons. The zero-order chi connectivity index (χ0) is 12.5. The Hall–Kier alpha value is -1.63. The van der Waals surface area contributed by atoms with Gasteiger partial charge in [0.1, 0.15) is 0 Å². The molecule has 7 nitrogen and oxygen atoms in total. The van der Waals surface area contributed by atoms with E-state index >= 15 is 0 Å². The maximum atomic E-state index is 5.01. The van der Waals surface area contributed by atoms with Crippen molar-refractivity contribution in [1.82, 2.24) is 15.0 Å². The van der Waals surface area contributed by atoms with Gasteiger partial charge in [-0.2, -0.15) is 15.0 Å². The fourth-order valence-electron chi connectivity index (χ4n) is 1.11. The molecule has 1 heterocycles. The molecule has 0 aliphatic rings. The van der Waals surface area contributed by atoms with Crippen LogP contribution in [0.2, 0.25) is 0 Å². The summed E-state index contributed by atoms with van der Waals surface area (Å²) in [6.45, 7) is 4.11. The fourth-order valence-corrected chi connectivity index (χ4v) is 1.11. The Morgan fingerprint density at radius 2 is 1.65 bits per heavy atom. The van der Waals surface area contributed by atoms with Crippen molar-refractivity contribution in [2.75, 3.05) is 44.5 Å². The van der Waals surface area contributed by atoms with Gasteiger partial charge in [-0.25, -0.2) is 0 Å². The van der Waals surface area contributed by atoms with Gasteiger partial charge in [0.2, 0.25) is 11.9 Å². The molecular formula is C10H19N5O2. The molecule has 0 saturated heterocycles. The van der Waals surface area contributed by atoms with E-state index in [1.54, 1.807) is 7.11 Å². The third kappa shape index (κ3) is 4.81. The third-order valence-corrected chi connectivity index (χ3v) is 1.92. The summed E-state index contributed by atoms with van der Waals surface area (Å²) in [5.41, 5.74) is 0. The molecule has 2 N–H and O–H groups in total. The largest absolute Gasteiger partial charge is 0.467 e. The van der Waals surface area contributed by atoms with Gasteiger partial charge in [0.25, 0.3) is 0 Å². The zero-order valence-electron chi connectivity index (χ0n) is 10.5. The highest BCUT2D eigenvalue weighted by atomic mass is 16.5. The van der Waals surface area contributed by atoms with Crippen LogP contribution in [0.4, 0.5) is 11.9 Å². The predicted molar refractivity (Wildman–Crippen MR) is 65.5 cm³/mol. The second kappa shape index (κ2) is 7.61. The minimum Gasteiger partial charge on any atom is -0.467 e. The maximum absolute atomic E-state index is 5.01. The first kappa shape index (κ1) is 13.4. The zero-order valence-corrected chi connectivity index (χ0v) is 10.5. The summed E-state index contributed by atoms with van der Waals surface area (Å²) in [5.74, 6) is 0.992. The van der Waals surface area contributed by atoms with Gasteiger partial charge in [0.05, 0.1) is 13.7 Å². The van der Waals surface area contributed by atoms with E-state index in [0.717, 1.165) is 13.0 Å². The van der Waals surface area contributed by atoms with Gasteiger partial charge in [-0.15, -0.1) is 0 Å². The van der Waals surface area contributed by atoms with Crippen LogP contribution in [0.5, 0.6) is 6.01 Å². The molecule has 0 bridgehead atoms. The first-order valence-electron chi connectivity index (χ1n) is 5.57. The molecule has 0 spiro atoms. The Morgan fingerprint density at radius 3 is 2.18 bits per heavy atom. The molecule has 1 rings (SSSR count). The standard InChI is InChI=1S/C10H19N5O2/c1-4-5-11-8-13-9(12-6-7-16-2)15-10(14-8)17-3/h4-7H2,1-3H3,(H2,11,12,13,14,15). The lowest BCUT2D eigenvalue weighted by atomic mass is 10.5. The van der Waals surface area contributed by atoms with Crippen molar-refractivity contribution >= 4 is 11.9 Å². The van der Waals surface area contributed by atoms with Gasteiger partial charge in [-0.3, -0.25) is 0 Å². The van der Waals surface area contributed by atoms with Crippen LogP contribution in [0.3, 0.4) is 0 Å². The van der Waals surface area contributed by atoms with Crippen molar-refractivity contribution in [2.24, 2.45) is 0 Å². The monoisotopic (exact) mass is 241 g/mol. The molecule has 1 aromatic rings. The predicted octanol–water partition coefficient (Wildman–Crippen LogP) is 0.760. The Labute approximate surface area is 101 Å². The van der Waals surface area contributed by atoms with Crippen molar-refractivity contribution in [3.8, 4) is 6.01 Å². The van der Waals surface area contributed by atoms with Crippen molar-refractivity contribution in [2.45, 2.75) is 13.3 Å². The van der Waals surface area contributed by atoms with Crippen LogP contribution in [0.25, 0.3) is 0 Å². The second-order valence-corrected chi connectivity index (χ2v) is 3.32. The minimum absolute atomic E-state index is 0.290. The molecular weight excluding hydrogens is 222 g/mol. The van der Waals surface area contributed by atoms with Crippen LogP contribution in [-0.2, 0) is 4.74 Å². The Bertz CT molecular complexity index is 334. The number of ether oxygens (including phenoxy) is 2. The average molecular weight is 241 g/mol. The van der Waals surface area contributed by atoms with Gasteiger partial charge in [-0.1, -0.05) is 6.92 Å². The lowest BCUT2D eigenvalue weighted by Crippen LogP contribution is -2.13. The van der Waals surface area contributed by atoms with Gasteiger partial charge < -0.3 is 20.1 Å². The highest BCUT2D eigenvalue weighted by Gasteiger charge is 2.05. The number of anilines is 2. The van der Waals surface area contributed by atoms with Crippen LogP contribution in [0.1, 0.15) is 13.3 Å². The Morgan fingerprint density at radius 1 is 1.00 bits per heavy atom. The first-order valence-corrected chi connectivity index (χ1v) is 5.57. The summed E-state index contributed by atoms with van der Waals surface area (Å²) in [6.07, 6.45) is 1.00. The topological polar surface area (TPSA) is 81.2 Å². The van der Waals surface area contributed by atoms with E-state index in [1.165, 1.54) is 7.11 Å². The summed E-state index contributed by atoms with van der Waals surface area (Å²) < 4.78 is 9.94. The molecule has 7 heteroatoms. The number of nitrogens with one attached hydrogen (secondary N) is 2. The van der Waals surface area contributed by atoms with Crippen LogP contribution >= 0.6 is 0 Å². The number of nitrogens with zero attached hydrogens (tertiary/aromatic N) is 3. The van der Waals surface area contributed by atoms with Gasteiger partial charge in [-0.05, 0) is 6.42 Å². The summed E-state index contributed by atoms with van der Waals surface area (Å²) in [7, 11) is 3.17. The minimum atomic E-state index is 0.290. The van der Waals surface area contributed by atoms with E-state index in [2.05, 4.69) is 32.5 Å².